The standard InChI is InChI=1S/C23H28N2O7/c1-31-20-11-10-16(13-19(20)26)7-6-12-24-18(14-21(27)28)23(30)25(15-22(29)32-2)17-8-4-3-5-9-17/h3-5,8-11,13,18,24,26H,6-7,12,14-15H2,1-2H3,(H,27,28)/t18-/m0/s1. The molecular formula is C23H28N2O7. The number of carbonyl (C=O) groups excluding carboxylic acids is 2. The summed E-state index contributed by atoms with van der Waals surface area (Å²) in [6.07, 6.45) is 0.757. The zero-order chi connectivity index (χ0) is 23.5. The Morgan fingerprint density at radius 1 is 1.09 bits per heavy atom. The number of para-hydroxylation sites is 1. The highest BCUT2D eigenvalue weighted by atomic mass is 16.5. The first-order chi connectivity index (χ1) is 15.3. The average Bonchev–Trinajstić information content (AvgIpc) is 2.79. The number of methoxy groups -OCH3 is 2. The minimum absolute atomic E-state index is 0.0400. The number of esters is 1. The number of ether oxygens (including phenoxy) is 2. The van der Waals surface area contributed by atoms with Crippen molar-refractivity contribution in [3.63, 3.8) is 0 Å². The smallest absolute Gasteiger partial charge is 0.325 e. The number of aromatic hydroxyl groups is 1. The maximum atomic E-state index is 13.2. The fourth-order valence-electron chi connectivity index (χ4n) is 3.17. The summed E-state index contributed by atoms with van der Waals surface area (Å²) in [5, 5.41) is 22.1. The Balaban J connectivity index is 2.06. The SMILES string of the molecule is COC(=O)CN(C(=O)[C@H](CC(=O)O)NCCCc1ccc(OC)c(O)c1)c1ccccc1. The fourth-order valence-corrected chi connectivity index (χ4v) is 3.17. The second-order valence-electron chi connectivity index (χ2n) is 7.05. The molecule has 9 nitrogen and oxygen atoms in total. The average molecular weight is 444 g/mol. The van der Waals surface area contributed by atoms with Crippen molar-refractivity contribution in [3.8, 4) is 11.5 Å². The monoisotopic (exact) mass is 444 g/mol. The molecule has 0 radical (unpaired) electrons. The van der Waals surface area contributed by atoms with Gasteiger partial charge in [-0.15, -0.1) is 0 Å². The first-order valence-corrected chi connectivity index (χ1v) is 10.1. The van der Waals surface area contributed by atoms with Gasteiger partial charge in [0.05, 0.1) is 26.7 Å². The molecule has 1 atom stereocenters. The van der Waals surface area contributed by atoms with E-state index in [1.54, 1.807) is 42.5 Å². The predicted molar refractivity (Wildman–Crippen MR) is 118 cm³/mol. The van der Waals surface area contributed by atoms with E-state index in [1.165, 1.54) is 19.1 Å². The lowest BCUT2D eigenvalue weighted by Crippen LogP contribution is -2.49. The van der Waals surface area contributed by atoms with Crippen LogP contribution in [0.5, 0.6) is 11.5 Å². The van der Waals surface area contributed by atoms with Gasteiger partial charge in [-0.2, -0.15) is 0 Å². The summed E-state index contributed by atoms with van der Waals surface area (Å²) in [5.41, 5.74) is 1.34. The number of carboxylic acids is 1. The Labute approximate surface area is 186 Å². The van der Waals surface area contributed by atoms with E-state index in [0.717, 1.165) is 5.56 Å². The fraction of sp³-hybridized carbons (Fsp3) is 0.348. The molecule has 0 aliphatic heterocycles. The predicted octanol–water partition coefficient (Wildman–Crippen LogP) is 1.97. The maximum Gasteiger partial charge on any atom is 0.325 e. The molecule has 0 saturated heterocycles. The van der Waals surface area contributed by atoms with Gasteiger partial charge < -0.3 is 25.0 Å². The van der Waals surface area contributed by atoms with Crippen molar-refractivity contribution in [1.82, 2.24) is 5.32 Å². The number of amides is 1. The molecule has 0 heterocycles. The van der Waals surface area contributed by atoms with Crippen molar-refractivity contribution in [1.29, 1.82) is 0 Å². The number of nitrogens with one attached hydrogen (secondary N) is 1. The zero-order valence-electron chi connectivity index (χ0n) is 18.1. The first-order valence-electron chi connectivity index (χ1n) is 10.1. The van der Waals surface area contributed by atoms with Gasteiger partial charge in [0.2, 0.25) is 5.91 Å². The van der Waals surface area contributed by atoms with E-state index in [2.05, 4.69) is 10.1 Å². The molecule has 0 unspecified atom stereocenters. The third-order valence-corrected chi connectivity index (χ3v) is 4.80. The van der Waals surface area contributed by atoms with Crippen molar-refractivity contribution < 1.29 is 34.1 Å². The number of hydrogen-bond acceptors (Lipinski definition) is 7. The molecule has 0 saturated carbocycles. The number of carboxylic acid groups (broad SMARTS) is 1. The van der Waals surface area contributed by atoms with Gasteiger partial charge >= 0.3 is 11.9 Å². The second kappa shape index (κ2) is 12.3. The van der Waals surface area contributed by atoms with Crippen LogP contribution in [0.2, 0.25) is 0 Å². The van der Waals surface area contributed by atoms with E-state index in [4.69, 9.17) is 4.74 Å². The van der Waals surface area contributed by atoms with Gasteiger partial charge in [-0.3, -0.25) is 19.3 Å². The second-order valence-corrected chi connectivity index (χ2v) is 7.05. The lowest BCUT2D eigenvalue weighted by molar-refractivity contribution is -0.140. The number of rotatable bonds is 12. The summed E-state index contributed by atoms with van der Waals surface area (Å²) < 4.78 is 9.71. The number of carbonyl (C=O) groups is 3. The molecule has 0 bridgehead atoms. The number of nitrogens with zero attached hydrogens (tertiary/aromatic N) is 1. The van der Waals surface area contributed by atoms with Crippen LogP contribution in [-0.2, 0) is 25.5 Å². The lowest BCUT2D eigenvalue weighted by Gasteiger charge is -2.26. The molecule has 0 fully saturated rings. The van der Waals surface area contributed by atoms with Gasteiger partial charge in [-0.1, -0.05) is 24.3 Å². The number of aryl methyl sites for hydroxylation is 1. The lowest BCUT2D eigenvalue weighted by atomic mass is 10.1. The topological polar surface area (TPSA) is 125 Å². The van der Waals surface area contributed by atoms with Crippen LogP contribution < -0.4 is 15.0 Å². The molecular weight excluding hydrogens is 416 g/mol. The van der Waals surface area contributed by atoms with Crippen LogP contribution in [0.1, 0.15) is 18.4 Å². The van der Waals surface area contributed by atoms with E-state index in [9.17, 15) is 24.6 Å². The van der Waals surface area contributed by atoms with Crippen molar-refractivity contribution >= 4 is 23.5 Å². The van der Waals surface area contributed by atoms with Crippen molar-refractivity contribution in [2.45, 2.75) is 25.3 Å². The van der Waals surface area contributed by atoms with E-state index in [-0.39, 0.29) is 12.3 Å². The van der Waals surface area contributed by atoms with Gasteiger partial charge in [0, 0.05) is 5.69 Å². The van der Waals surface area contributed by atoms with Crippen LogP contribution in [0.25, 0.3) is 0 Å². The van der Waals surface area contributed by atoms with Crippen LogP contribution in [0, 0.1) is 0 Å². The molecule has 0 aromatic heterocycles. The Morgan fingerprint density at radius 3 is 2.41 bits per heavy atom. The normalized spacial score (nSPS) is 11.4. The van der Waals surface area contributed by atoms with Crippen molar-refractivity contribution in [3.05, 3.63) is 54.1 Å². The van der Waals surface area contributed by atoms with Gasteiger partial charge in [-0.25, -0.2) is 0 Å². The van der Waals surface area contributed by atoms with Crippen LogP contribution >= 0.6 is 0 Å². The largest absolute Gasteiger partial charge is 0.504 e. The van der Waals surface area contributed by atoms with Crippen molar-refractivity contribution in [2.75, 3.05) is 32.2 Å². The van der Waals surface area contributed by atoms with Gasteiger partial charge in [0.25, 0.3) is 0 Å². The highest BCUT2D eigenvalue weighted by molar-refractivity contribution is 6.02. The molecule has 2 aromatic carbocycles. The number of anilines is 1. The Bertz CT molecular complexity index is 918. The number of aliphatic carboxylic acids is 1. The van der Waals surface area contributed by atoms with E-state index < -0.39 is 30.3 Å². The highest BCUT2D eigenvalue weighted by Gasteiger charge is 2.28. The van der Waals surface area contributed by atoms with Crippen LogP contribution in [-0.4, -0.2) is 61.4 Å². The van der Waals surface area contributed by atoms with Crippen LogP contribution in [0.15, 0.2) is 48.5 Å². The Hall–Kier alpha value is -3.59. The summed E-state index contributed by atoms with van der Waals surface area (Å²) in [4.78, 5) is 37.6. The Kier molecular flexibility index (Phi) is 9.49. The third-order valence-electron chi connectivity index (χ3n) is 4.80. The summed E-state index contributed by atoms with van der Waals surface area (Å²) in [6, 6.07) is 12.6. The maximum absolute atomic E-state index is 13.2. The molecule has 172 valence electrons. The molecule has 1 amide bonds. The summed E-state index contributed by atoms with van der Waals surface area (Å²) in [5.74, 6) is -1.87. The van der Waals surface area contributed by atoms with E-state index in [1.807, 2.05) is 6.07 Å². The first kappa shape index (κ1) is 24.7. The molecule has 0 aliphatic rings. The Morgan fingerprint density at radius 2 is 1.81 bits per heavy atom. The van der Waals surface area contributed by atoms with E-state index >= 15 is 0 Å². The molecule has 2 aromatic rings. The summed E-state index contributed by atoms with van der Waals surface area (Å²) >= 11 is 0. The van der Waals surface area contributed by atoms with Gasteiger partial charge in [0.15, 0.2) is 11.5 Å². The minimum atomic E-state index is -1.14. The number of phenols is 1. The minimum Gasteiger partial charge on any atom is -0.504 e. The van der Waals surface area contributed by atoms with E-state index in [0.29, 0.717) is 30.8 Å². The zero-order valence-corrected chi connectivity index (χ0v) is 18.1. The number of hydrogen-bond donors (Lipinski definition) is 3. The molecule has 0 aliphatic carbocycles. The summed E-state index contributed by atoms with van der Waals surface area (Å²) in [6.45, 7) is 0.0274. The van der Waals surface area contributed by atoms with Crippen LogP contribution in [0.3, 0.4) is 0 Å². The molecule has 3 N–H and O–H groups in total. The van der Waals surface area contributed by atoms with Crippen LogP contribution in [0.4, 0.5) is 5.69 Å². The van der Waals surface area contributed by atoms with Gasteiger partial charge in [-0.05, 0) is 49.2 Å². The number of phenolic OH excluding ortho intramolecular Hbond substituents is 1. The number of benzene rings is 2. The summed E-state index contributed by atoms with van der Waals surface area (Å²) in [7, 11) is 2.69. The molecule has 32 heavy (non-hydrogen) atoms. The van der Waals surface area contributed by atoms with Gasteiger partial charge in [0.1, 0.15) is 6.54 Å². The van der Waals surface area contributed by atoms with Crippen molar-refractivity contribution in [2.24, 2.45) is 0 Å². The highest BCUT2D eigenvalue weighted by Crippen LogP contribution is 2.26. The molecule has 0 spiro atoms. The molecule has 9 heteroatoms. The quantitative estimate of drug-likeness (QED) is 0.335. The third kappa shape index (κ3) is 7.28. The molecule has 2 rings (SSSR count).